The molecular formula is C20H20N4O2S2. The number of amides is 1. The number of ether oxygens (including phenoxy) is 1. The van der Waals surface area contributed by atoms with E-state index >= 15 is 0 Å². The van der Waals surface area contributed by atoms with Gasteiger partial charge in [0.05, 0.1) is 5.75 Å². The zero-order valence-corrected chi connectivity index (χ0v) is 16.8. The Morgan fingerprint density at radius 2 is 1.89 bits per heavy atom. The molecule has 0 atom stereocenters. The summed E-state index contributed by atoms with van der Waals surface area (Å²) in [6.07, 6.45) is 2.39. The van der Waals surface area contributed by atoms with Gasteiger partial charge in [-0.3, -0.25) is 4.79 Å². The molecule has 1 aromatic heterocycles. The number of nitrogens with zero attached hydrogens (tertiary/aromatic N) is 2. The molecule has 6 nitrogen and oxygen atoms in total. The number of carbonyl (C=O) groups excluding carboxylic acids is 1. The van der Waals surface area contributed by atoms with Crippen LogP contribution in [-0.4, -0.2) is 27.9 Å². The van der Waals surface area contributed by atoms with Gasteiger partial charge in [0.1, 0.15) is 12.4 Å². The molecule has 1 fully saturated rings. The predicted octanol–water partition coefficient (Wildman–Crippen LogP) is 4.42. The lowest BCUT2D eigenvalue weighted by molar-refractivity contribution is -0.113. The second-order valence-corrected chi connectivity index (χ2v) is 8.63. The van der Waals surface area contributed by atoms with E-state index in [4.69, 9.17) is 4.74 Å². The van der Waals surface area contributed by atoms with E-state index < -0.39 is 0 Å². The lowest BCUT2D eigenvalue weighted by atomic mass is 10.2. The van der Waals surface area contributed by atoms with Gasteiger partial charge in [-0.15, -0.1) is 10.2 Å². The Labute approximate surface area is 171 Å². The lowest BCUT2D eigenvalue weighted by Crippen LogP contribution is -2.13. The normalized spacial score (nSPS) is 13.1. The van der Waals surface area contributed by atoms with Crippen LogP contribution in [0.1, 0.15) is 18.4 Å². The fourth-order valence-corrected chi connectivity index (χ4v) is 4.06. The number of anilines is 2. The standard InChI is InChI=1S/C20H20N4O2S2/c25-18(13-27-20-24-23-19(28-20)22-16-6-7-16)21-15-8-10-17(11-9-15)26-12-14-4-2-1-3-5-14/h1-5,8-11,16H,6-7,12-13H2,(H,21,25)(H,22,23). The zero-order chi connectivity index (χ0) is 19.2. The quantitative estimate of drug-likeness (QED) is 0.507. The third-order valence-corrected chi connectivity index (χ3v) is 6.01. The van der Waals surface area contributed by atoms with Crippen LogP contribution in [0.4, 0.5) is 10.8 Å². The van der Waals surface area contributed by atoms with E-state index in [1.807, 2.05) is 54.6 Å². The number of aromatic nitrogens is 2. The van der Waals surface area contributed by atoms with Crippen molar-refractivity contribution >= 4 is 39.8 Å². The number of thioether (sulfide) groups is 1. The highest BCUT2D eigenvalue weighted by molar-refractivity contribution is 8.01. The Morgan fingerprint density at radius 3 is 2.64 bits per heavy atom. The predicted molar refractivity (Wildman–Crippen MR) is 113 cm³/mol. The molecule has 8 heteroatoms. The minimum atomic E-state index is -0.0742. The van der Waals surface area contributed by atoms with Crippen LogP contribution >= 0.6 is 23.1 Å². The topological polar surface area (TPSA) is 76.1 Å². The number of hydrogen-bond donors (Lipinski definition) is 2. The molecule has 4 rings (SSSR count). The maximum Gasteiger partial charge on any atom is 0.234 e. The maximum absolute atomic E-state index is 12.2. The van der Waals surface area contributed by atoms with E-state index in [9.17, 15) is 4.79 Å². The lowest BCUT2D eigenvalue weighted by Gasteiger charge is -2.08. The molecule has 1 aliphatic rings. The van der Waals surface area contributed by atoms with Crippen molar-refractivity contribution in [2.24, 2.45) is 0 Å². The van der Waals surface area contributed by atoms with Crippen LogP contribution < -0.4 is 15.4 Å². The summed E-state index contributed by atoms with van der Waals surface area (Å²) < 4.78 is 6.55. The van der Waals surface area contributed by atoms with Crippen LogP contribution in [0.15, 0.2) is 58.9 Å². The summed E-state index contributed by atoms with van der Waals surface area (Å²) in [5.41, 5.74) is 1.86. The summed E-state index contributed by atoms with van der Waals surface area (Å²) in [5, 5.41) is 15.2. The van der Waals surface area contributed by atoms with Crippen molar-refractivity contribution in [2.45, 2.75) is 29.8 Å². The average molecular weight is 413 g/mol. The van der Waals surface area contributed by atoms with E-state index in [0.717, 1.165) is 26.5 Å². The number of rotatable bonds is 9. The Bertz CT molecular complexity index is 911. The molecule has 0 spiro atoms. The average Bonchev–Trinajstić information content (AvgIpc) is 3.42. The summed E-state index contributed by atoms with van der Waals surface area (Å²) in [4.78, 5) is 12.2. The summed E-state index contributed by atoms with van der Waals surface area (Å²) in [6.45, 7) is 0.516. The van der Waals surface area contributed by atoms with Crippen LogP contribution in [-0.2, 0) is 11.4 Å². The van der Waals surface area contributed by atoms with Crippen LogP contribution in [0.5, 0.6) is 5.75 Å². The van der Waals surface area contributed by atoms with Gasteiger partial charge >= 0.3 is 0 Å². The van der Waals surface area contributed by atoms with Crippen LogP contribution in [0.3, 0.4) is 0 Å². The zero-order valence-electron chi connectivity index (χ0n) is 15.1. The first-order valence-corrected chi connectivity index (χ1v) is 10.8. The van der Waals surface area contributed by atoms with E-state index in [2.05, 4.69) is 20.8 Å². The van der Waals surface area contributed by atoms with Crippen molar-refractivity contribution in [3.63, 3.8) is 0 Å². The van der Waals surface area contributed by atoms with E-state index in [0.29, 0.717) is 18.4 Å². The first-order chi connectivity index (χ1) is 13.7. The Morgan fingerprint density at radius 1 is 1.11 bits per heavy atom. The SMILES string of the molecule is O=C(CSc1nnc(NC2CC2)s1)Nc1ccc(OCc2ccccc2)cc1. The van der Waals surface area contributed by atoms with Crippen molar-refractivity contribution in [1.82, 2.24) is 10.2 Å². The van der Waals surface area contributed by atoms with Gasteiger partial charge in [0, 0.05) is 11.7 Å². The molecule has 28 heavy (non-hydrogen) atoms. The summed E-state index contributed by atoms with van der Waals surface area (Å²) in [6, 6.07) is 17.9. The maximum atomic E-state index is 12.2. The monoisotopic (exact) mass is 412 g/mol. The van der Waals surface area contributed by atoms with E-state index in [-0.39, 0.29) is 5.91 Å². The largest absolute Gasteiger partial charge is 0.489 e. The van der Waals surface area contributed by atoms with Gasteiger partial charge in [0.2, 0.25) is 11.0 Å². The molecule has 2 N–H and O–H groups in total. The fourth-order valence-electron chi connectivity index (χ4n) is 2.43. The molecule has 1 saturated carbocycles. The second-order valence-electron chi connectivity index (χ2n) is 6.43. The van der Waals surface area contributed by atoms with Crippen molar-refractivity contribution in [3.05, 3.63) is 60.2 Å². The van der Waals surface area contributed by atoms with Gasteiger partial charge in [0.25, 0.3) is 0 Å². The highest BCUT2D eigenvalue weighted by atomic mass is 32.2. The summed E-state index contributed by atoms with van der Waals surface area (Å²) in [7, 11) is 0. The number of nitrogens with one attached hydrogen (secondary N) is 2. The summed E-state index contributed by atoms with van der Waals surface area (Å²) >= 11 is 2.88. The molecule has 1 amide bonds. The van der Waals surface area contributed by atoms with Gasteiger partial charge in [-0.2, -0.15) is 0 Å². The minimum absolute atomic E-state index is 0.0742. The number of hydrogen-bond acceptors (Lipinski definition) is 7. The first kappa shape index (κ1) is 18.8. The third-order valence-electron chi connectivity index (χ3n) is 4.02. The van der Waals surface area contributed by atoms with Gasteiger partial charge in [-0.05, 0) is 42.7 Å². The molecule has 1 heterocycles. The Kier molecular flexibility index (Phi) is 6.08. The molecule has 3 aromatic rings. The van der Waals surface area contributed by atoms with Crippen LogP contribution in [0.25, 0.3) is 0 Å². The molecule has 2 aromatic carbocycles. The third kappa shape index (κ3) is 5.71. The Balaban J connectivity index is 1.21. The number of carbonyl (C=O) groups is 1. The van der Waals surface area contributed by atoms with Crippen molar-refractivity contribution in [2.75, 3.05) is 16.4 Å². The highest BCUT2D eigenvalue weighted by Crippen LogP contribution is 2.30. The molecular weight excluding hydrogens is 392 g/mol. The Hall–Kier alpha value is -2.58. The minimum Gasteiger partial charge on any atom is -0.489 e. The highest BCUT2D eigenvalue weighted by Gasteiger charge is 2.22. The molecule has 0 aliphatic heterocycles. The molecule has 0 bridgehead atoms. The second kappa shape index (κ2) is 9.07. The summed E-state index contributed by atoms with van der Waals surface area (Å²) in [5.74, 6) is 0.986. The molecule has 0 radical (unpaired) electrons. The van der Waals surface area contributed by atoms with Crippen LogP contribution in [0, 0.1) is 0 Å². The van der Waals surface area contributed by atoms with E-state index in [1.54, 1.807) is 0 Å². The molecule has 144 valence electrons. The van der Waals surface area contributed by atoms with E-state index in [1.165, 1.54) is 35.9 Å². The van der Waals surface area contributed by atoms with Crippen LogP contribution in [0.2, 0.25) is 0 Å². The molecule has 0 unspecified atom stereocenters. The number of benzene rings is 2. The fraction of sp³-hybridized carbons (Fsp3) is 0.250. The van der Waals surface area contributed by atoms with Gasteiger partial charge in [0.15, 0.2) is 4.34 Å². The molecule has 0 saturated heterocycles. The first-order valence-electron chi connectivity index (χ1n) is 9.04. The molecule has 1 aliphatic carbocycles. The van der Waals surface area contributed by atoms with Crippen molar-refractivity contribution < 1.29 is 9.53 Å². The van der Waals surface area contributed by atoms with Crippen molar-refractivity contribution in [3.8, 4) is 5.75 Å². The van der Waals surface area contributed by atoms with Crippen molar-refractivity contribution in [1.29, 1.82) is 0 Å². The smallest absolute Gasteiger partial charge is 0.234 e. The van der Waals surface area contributed by atoms with Gasteiger partial charge in [-0.1, -0.05) is 53.4 Å². The van der Waals surface area contributed by atoms with Gasteiger partial charge < -0.3 is 15.4 Å². The van der Waals surface area contributed by atoms with Gasteiger partial charge in [-0.25, -0.2) is 0 Å².